The summed E-state index contributed by atoms with van der Waals surface area (Å²) in [5.74, 6) is 0.284. The van der Waals surface area contributed by atoms with Crippen molar-refractivity contribution < 1.29 is 19.0 Å². The molecule has 1 aromatic carbocycles. The van der Waals surface area contributed by atoms with Crippen LogP contribution in [0.1, 0.15) is 31.2 Å². The van der Waals surface area contributed by atoms with Crippen molar-refractivity contribution in [2.24, 2.45) is 0 Å². The highest BCUT2D eigenvalue weighted by Crippen LogP contribution is 2.23. The van der Waals surface area contributed by atoms with Gasteiger partial charge in [-0.05, 0) is 18.9 Å². The second-order valence-corrected chi connectivity index (χ2v) is 6.84. The first-order valence-corrected chi connectivity index (χ1v) is 9.97. The van der Waals surface area contributed by atoms with Crippen LogP contribution in [-0.2, 0) is 19.0 Å². The summed E-state index contributed by atoms with van der Waals surface area (Å²) in [6, 6.07) is 10.3. The number of rotatable bonds is 13. The van der Waals surface area contributed by atoms with Crippen LogP contribution in [0.15, 0.2) is 30.3 Å². The highest BCUT2D eigenvalue weighted by molar-refractivity contribution is 5.85. The summed E-state index contributed by atoms with van der Waals surface area (Å²) in [6.45, 7) is 7.97. The van der Waals surface area contributed by atoms with Crippen molar-refractivity contribution in [2.75, 3.05) is 59.7 Å². The van der Waals surface area contributed by atoms with Crippen LogP contribution in [0, 0.1) is 0 Å². The number of benzene rings is 1. The summed E-state index contributed by atoms with van der Waals surface area (Å²) in [5, 5.41) is 2.75. The van der Waals surface area contributed by atoms with E-state index in [0.29, 0.717) is 32.8 Å². The summed E-state index contributed by atoms with van der Waals surface area (Å²) in [7, 11) is 1.70. The van der Waals surface area contributed by atoms with Gasteiger partial charge in [0, 0.05) is 45.6 Å². The Morgan fingerprint density at radius 1 is 1.18 bits per heavy atom. The molecule has 0 saturated carbocycles. The second kappa shape index (κ2) is 14.8. The highest BCUT2D eigenvalue weighted by atomic mass is 35.5. The van der Waals surface area contributed by atoms with E-state index in [1.165, 1.54) is 5.56 Å². The molecule has 0 aromatic heterocycles. The second-order valence-electron chi connectivity index (χ2n) is 6.84. The van der Waals surface area contributed by atoms with Gasteiger partial charge in [0.25, 0.3) is 0 Å². The van der Waals surface area contributed by atoms with Gasteiger partial charge in [0.1, 0.15) is 0 Å². The Hall–Kier alpha value is -1.18. The average molecular weight is 415 g/mol. The van der Waals surface area contributed by atoms with Crippen LogP contribution in [0.4, 0.5) is 0 Å². The Balaban J connectivity index is 0.00000392. The number of amides is 1. The lowest BCUT2D eigenvalue weighted by molar-refractivity contribution is -0.121. The van der Waals surface area contributed by atoms with E-state index in [9.17, 15) is 4.79 Å². The van der Waals surface area contributed by atoms with E-state index in [-0.39, 0.29) is 30.3 Å². The van der Waals surface area contributed by atoms with Gasteiger partial charge in [-0.3, -0.25) is 4.79 Å². The molecule has 1 saturated heterocycles. The Kier molecular flexibility index (Phi) is 13.1. The van der Waals surface area contributed by atoms with Gasteiger partial charge in [-0.2, -0.15) is 0 Å². The average Bonchev–Trinajstić information content (AvgIpc) is 3.14. The number of carbonyl (C=O) groups excluding carboxylic acids is 1. The Labute approximate surface area is 175 Å². The monoisotopic (exact) mass is 414 g/mol. The van der Waals surface area contributed by atoms with E-state index < -0.39 is 0 Å². The van der Waals surface area contributed by atoms with Crippen LogP contribution in [0.2, 0.25) is 0 Å². The van der Waals surface area contributed by atoms with Gasteiger partial charge >= 0.3 is 0 Å². The fourth-order valence-corrected chi connectivity index (χ4v) is 3.39. The summed E-state index contributed by atoms with van der Waals surface area (Å²) in [4.78, 5) is 14.3. The molecule has 0 aliphatic carbocycles. The molecule has 28 heavy (non-hydrogen) atoms. The fourth-order valence-electron chi connectivity index (χ4n) is 3.39. The largest absolute Gasteiger partial charge is 0.379 e. The lowest BCUT2D eigenvalue weighted by Crippen LogP contribution is -2.31. The van der Waals surface area contributed by atoms with E-state index in [2.05, 4.69) is 22.3 Å². The van der Waals surface area contributed by atoms with Crippen molar-refractivity contribution in [3.63, 3.8) is 0 Å². The van der Waals surface area contributed by atoms with Gasteiger partial charge in [0.05, 0.1) is 32.5 Å². The molecule has 7 heteroatoms. The molecule has 1 aromatic rings. The normalized spacial score (nSPS) is 17.9. The maximum absolute atomic E-state index is 11.9. The quantitative estimate of drug-likeness (QED) is 0.502. The lowest BCUT2D eigenvalue weighted by Gasteiger charge is -2.24. The molecule has 0 spiro atoms. The Bertz CT molecular complexity index is 532. The first-order chi connectivity index (χ1) is 13.2. The number of nitrogens with zero attached hydrogens (tertiary/aromatic N) is 1. The topological polar surface area (TPSA) is 60.0 Å². The lowest BCUT2D eigenvalue weighted by atomic mass is 9.95. The van der Waals surface area contributed by atoms with E-state index in [1.54, 1.807) is 7.05 Å². The van der Waals surface area contributed by atoms with Crippen LogP contribution < -0.4 is 5.32 Å². The number of ether oxygens (including phenoxy) is 3. The minimum absolute atomic E-state index is 0. The third-order valence-electron chi connectivity index (χ3n) is 4.85. The number of halogens is 1. The van der Waals surface area contributed by atoms with Gasteiger partial charge < -0.3 is 24.4 Å². The summed E-state index contributed by atoms with van der Waals surface area (Å²) in [6.07, 6.45) is 1.79. The number of nitrogens with one attached hydrogen (secondary N) is 1. The van der Waals surface area contributed by atoms with Crippen LogP contribution >= 0.6 is 12.4 Å². The van der Waals surface area contributed by atoms with Crippen LogP contribution in [0.3, 0.4) is 0 Å². The predicted octanol–water partition coefficient (Wildman–Crippen LogP) is 2.47. The van der Waals surface area contributed by atoms with Gasteiger partial charge in [-0.1, -0.05) is 30.3 Å². The molecule has 0 unspecified atom stereocenters. The van der Waals surface area contributed by atoms with Gasteiger partial charge in [-0.15, -0.1) is 12.4 Å². The minimum Gasteiger partial charge on any atom is -0.379 e. The molecule has 1 heterocycles. The third kappa shape index (κ3) is 9.34. The van der Waals surface area contributed by atoms with Crippen LogP contribution in [-0.4, -0.2) is 76.6 Å². The minimum atomic E-state index is 0. The van der Waals surface area contributed by atoms with Gasteiger partial charge in [-0.25, -0.2) is 0 Å². The Morgan fingerprint density at radius 3 is 2.61 bits per heavy atom. The van der Waals surface area contributed by atoms with Crippen molar-refractivity contribution >= 4 is 18.3 Å². The maximum Gasteiger partial charge on any atom is 0.220 e. The van der Waals surface area contributed by atoms with Gasteiger partial charge in [0.15, 0.2) is 0 Å². The number of hydrogen-bond donors (Lipinski definition) is 1. The van der Waals surface area contributed by atoms with Crippen molar-refractivity contribution in [2.45, 2.75) is 31.8 Å². The molecule has 2 atom stereocenters. The van der Waals surface area contributed by atoms with Gasteiger partial charge in [0.2, 0.25) is 5.91 Å². The standard InChI is InChI=1S/C21H34N2O4.ClH/c1-3-25-11-12-26-13-14-27-20-9-10-23(17-20)16-19(15-21(24)22-2)18-7-5-4-6-8-18;/h4-8,19-20H,3,9-17H2,1-2H3,(H,22,24);1H/t19-,20+;/m1./s1. The summed E-state index contributed by atoms with van der Waals surface area (Å²) >= 11 is 0. The van der Waals surface area contributed by atoms with E-state index in [0.717, 1.165) is 32.7 Å². The van der Waals surface area contributed by atoms with E-state index in [1.807, 2.05) is 25.1 Å². The molecule has 1 N–H and O–H groups in total. The third-order valence-corrected chi connectivity index (χ3v) is 4.85. The molecule has 0 radical (unpaired) electrons. The van der Waals surface area contributed by atoms with Crippen molar-refractivity contribution in [1.82, 2.24) is 10.2 Å². The zero-order valence-electron chi connectivity index (χ0n) is 17.1. The zero-order chi connectivity index (χ0) is 19.3. The van der Waals surface area contributed by atoms with Crippen molar-refractivity contribution in [1.29, 1.82) is 0 Å². The Morgan fingerprint density at radius 2 is 1.89 bits per heavy atom. The molecule has 160 valence electrons. The molecular weight excluding hydrogens is 380 g/mol. The first-order valence-electron chi connectivity index (χ1n) is 9.97. The molecular formula is C21H35ClN2O4. The smallest absolute Gasteiger partial charge is 0.220 e. The fraction of sp³-hybridized carbons (Fsp3) is 0.667. The van der Waals surface area contributed by atoms with Crippen molar-refractivity contribution in [3.05, 3.63) is 35.9 Å². The molecule has 1 fully saturated rings. The van der Waals surface area contributed by atoms with E-state index >= 15 is 0 Å². The van der Waals surface area contributed by atoms with E-state index in [4.69, 9.17) is 14.2 Å². The molecule has 1 amide bonds. The molecule has 2 rings (SSSR count). The SMILES string of the molecule is CCOCCOCCO[C@H]1CCN(C[C@@H](CC(=O)NC)c2ccccc2)C1.Cl. The number of likely N-dealkylation sites (tertiary alicyclic amines) is 1. The molecule has 0 bridgehead atoms. The molecule has 6 nitrogen and oxygen atoms in total. The number of hydrogen-bond acceptors (Lipinski definition) is 5. The maximum atomic E-state index is 11.9. The summed E-state index contributed by atoms with van der Waals surface area (Å²) in [5.41, 5.74) is 1.22. The molecule has 1 aliphatic heterocycles. The van der Waals surface area contributed by atoms with Crippen molar-refractivity contribution in [3.8, 4) is 0 Å². The molecule has 1 aliphatic rings. The highest BCUT2D eigenvalue weighted by Gasteiger charge is 2.26. The predicted molar refractivity (Wildman–Crippen MR) is 113 cm³/mol. The van der Waals surface area contributed by atoms with Crippen LogP contribution in [0.5, 0.6) is 0 Å². The number of carbonyl (C=O) groups is 1. The van der Waals surface area contributed by atoms with Crippen LogP contribution in [0.25, 0.3) is 0 Å². The summed E-state index contributed by atoms with van der Waals surface area (Å²) < 4.78 is 16.7. The first kappa shape index (κ1) is 24.9. The zero-order valence-corrected chi connectivity index (χ0v) is 17.9.